The van der Waals surface area contributed by atoms with Crippen LogP contribution in [0.15, 0.2) is 42.1 Å². The van der Waals surface area contributed by atoms with Gasteiger partial charge < -0.3 is 10.1 Å². The van der Waals surface area contributed by atoms with Crippen molar-refractivity contribution in [3.8, 4) is 0 Å². The Morgan fingerprint density at radius 3 is 2.04 bits per heavy atom. The van der Waals surface area contributed by atoms with Crippen LogP contribution in [0.5, 0.6) is 0 Å². The molecule has 0 spiro atoms. The number of rotatable bonds is 5. The molecule has 4 heteroatoms. The molecule has 0 aliphatic carbocycles. The third kappa shape index (κ3) is 5.23. The summed E-state index contributed by atoms with van der Waals surface area (Å²) in [7, 11) is -1.55. The number of alkyl carbamates (subject to hydrolysis) is 1. The molecule has 1 N–H and O–H groups in total. The summed E-state index contributed by atoms with van der Waals surface area (Å²) in [6, 6.07) is 10.1. The maximum atomic E-state index is 12.5. The molecule has 1 rings (SSSR count). The molecule has 134 valence electrons. The Kier molecular flexibility index (Phi) is 6.09. The Bertz CT molecular complexity index is 584. The van der Waals surface area contributed by atoms with Gasteiger partial charge in [0.25, 0.3) is 0 Å². The van der Waals surface area contributed by atoms with Crippen molar-refractivity contribution in [1.29, 1.82) is 0 Å². The molecule has 24 heavy (non-hydrogen) atoms. The zero-order chi connectivity index (χ0) is 18.8. The van der Waals surface area contributed by atoms with Crippen LogP contribution in [0.2, 0.25) is 19.6 Å². The second-order valence-corrected chi connectivity index (χ2v) is 13.8. The van der Waals surface area contributed by atoms with Gasteiger partial charge in [0, 0.05) is 5.92 Å². The van der Waals surface area contributed by atoms with Gasteiger partial charge in [-0.1, -0.05) is 62.1 Å². The summed E-state index contributed by atoms with van der Waals surface area (Å²) in [6.07, 6.45) is -0.399. The molecule has 0 radical (unpaired) electrons. The van der Waals surface area contributed by atoms with E-state index >= 15 is 0 Å². The van der Waals surface area contributed by atoms with Crippen molar-refractivity contribution in [2.45, 2.75) is 65.4 Å². The second-order valence-electron chi connectivity index (χ2n) is 8.69. The quantitative estimate of drug-likeness (QED) is 0.715. The molecule has 1 amide bonds. The van der Waals surface area contributed by atoms with Gasteiger partial charge in [-0.15, -0.1) is 6.58 Å². The van der Waals surface area contributed by atoms with Gasteiger partial charge in [-0.2, -0.15) is 0 Å². The minimum Gasteiger partial charge on any atom is -0.444 e. The third-order valence-corrected chi connectivity index (χ3v) is 6.85. The van der Waals surface area contributed by atoms with Crippen LogP contribution in [0.25, 0.3) is 0 Å². The SMILES string of the molecule is C=C([C@H](C)[C@](C)(NC(=O)OC(C)(C)C)c1ccccc1)[Si](C)(C)C. The van der Waals surface area contributed by atoms with Crippen LogP contribution in [0.1, 0.15) is 40.2 Å². The Hall–Kier alpha value is -1.55. The van der Waals surface area contributed by atoms with Gasteiger partial charge >= 0.3 is 6.09 Å². The van der Waals surface area contributed by atoms with Crippen molar-refractivity contribution in [2.24, 2.45) is 5.92 Å². The van der Waals surface area contributed by atoms with Gasteiger partial charge in [-0.05, 0) is 33.3 Å². The Balaban J connectivity index is 3.23. The molecule has 2 atom stereocenters. The van der Waals surface area contributed by atoms with Gasteiger partial charge in [0.2, 0.25) is 0 Å². The average molecular weight is 348 g/mol. The van der Waals surface area contributed by atoms with Crippen LogP contribution < -0.4 is 5.32 Å². The molecule has 1 aromatic carbocycles. The number of hydrogen-bond donors (Lipinski definition) is 1. The number of carbonyl (C=O) groups excluding carboxylic acids is 1. The van der Waals surface area contributed by atoms with Crippen molar-refractivity contribution < 1.29 is 9.53 Å². The van der Waals surface area contributed by atoms with Crippen molar-refractivity contribution in [2.75, 3.05) is 0 Å². The monoisotopic (exact) mass is 347 g/mol. The van der Waals surface area contributed by atoms with Crippen LogP contribution in [-0.2, 0) is 10.3 Å². The van der Waals surface area contributed by atoms with E-state index in [1.165, 1.54) is 5.20 Å². The molecule has 1 aromatic rings. The number of ether oxygens (including phenoxy) is 1. The Morgan fingerprint density at radius 2 is 1.62 bits per heavy atom. The third-order valence-electron chi connectivity index (χ3n) is 4.49. The van der Waals surface area contributed by atoms with E-state index in [9.17, 15) is 4.79 Å². The average Bonchev–Trinajstić information content (AvgIpc) is 2.43. The Labute approximate surface area is 148 Å². The maximum Gasteiger partial charge on any atom is 0.408 e. The largest absolute Gasteiger partial charge is 0.444 e. The fourth-order valence-electron chi connectivity index (χ4n) is 2.73. The van der Waals surface area contributed by atoms with Crippen LogP contribution in [-0.4, -0.2) is 19.8 Å². The zero-order valence-electron chi connectivity index (χ0n) is 16.5. The smallest absolute Gasteiger partial charge is 0.408 e. The van der Waals surface area contributed by atoms with Gasteiger partial charge in [-0.25, -0.2) is 4.79 Å². The van der Waals surface area contributed by atoms with Crippen molar-refractivity contribution >= 4 is 14.2 Å². The number of carbonyl (C=O) groups is 1. The highest BCUT2D eigenvalue weighted by molar-refractivity contribution is 6.83. The van der Waals surface area contributed by atoms with E-state index in [2.05, 4.69) is 45.4 Å². The van der Waals surface area contributed by atoms with Crippen molar-refractivity contribution in [1.82, 2.24) is 5.32 Å². The minimum absolute atomic E-state index is 0.0964. The zero-order valence-corrected chi connectivity index (χ0v) is 17.5. The van der Waals surface area contributed by atoms with Crippen LogP contribution >= 0.6 is 0 Å². The second kappa shape index (κ2) is 7.14. The summed E-state index contributed by atoms with van der Waals surface area (Å²) >= 11 is 0. The van der Waals surface area contributed by atoms with Gasteiger partial charge in [0.15, 0.2) is 0 Å². The van der Waals surface area contributed by atoms with Crippen molar-refractivity contribution in [3.05, 3.63) is 47.7 Å². The number of amides is 1. The molecule has 3 nitrogen and oxygen atoms in total. The molecule has 0 saturated heterocycles. The summed E-state index contributed by atoms with van der Waals surface area (Å²) < 4.78 is 5.50. The molecule has 0 aliphatic heterocycles. The molecule has 0 aromatic heterocycles. The van der Waals surface area contributed by atoms with E-state index in [1.807, 2.05) is 51.1 Å². The lowest BCUT2D eigenvalue weighted by Crippen LogP contribution is -2.52. The normalized spacial score (nSPS) is 16.0. The summed E-state index contributed by atoms with van der Waals surface area (Å²) in [5.74, 6) is 0.0964. The summed E-state index contributed by atoms with van der Waals surface area (Å²) in [4.78, 5) is 12.5. The molecular formula is C20H33NO2Si. The highest BCUT2D eigenvalue weighted by Gasteiger charge is 2.40. The lowest BCUT2D eigenvalue weighted by molar-refractivity contribution is 0.0436. The predicted octanol–water partition coefficient (Wildman–Crippen LogP) is 5.50. The minimum atomic E-state index is -1.55. The predicted molar refractivity (Wildman–Crippen MR) is 105 cm³/mol. The lowest BCUT2D eigenvalue weighted by Gasteiger charge is -2.41. The molecule has 0 heterocycles. The van der Waals surface area contributed by atoms with Gasteiger partial charge in [0.05, 0.1) is 13.6 Å². The highest BCUT2D eigenvalue weighted by Crippen LogP contribution is 2.37. The van der Waals surface area contributed by atoms with E-state index in [0.717, 1.165) is 5.56 Å². The fourth-order valence-corrected chi connectivity index (χ4v) is 4.32. The molecule has 0 aliphatic rings. The standard InChI is InChI=1S/C20H33NO2Si/c1-15(16(2)24(7,8)9)20(6,17-13-11-10-12-14-17)21-18(22)23-19(3,4)5/h10-15H,2H2,1,3-9H3,(H,21,22)/t15-,20-/m0/s1. The molecule has 0 unspecified atom stereocenters. The number of nitrogens with one attached hydrogen (secondary N) is 1. The first-order valence-corrected chi connectivity index (χ1v) is 12.0. The summed E-state index contributed by atoms with van der Waals surface area (Å²) in [5, 5.41) is 4.35. The van der Waals surface area contributed by atoms with E-state index in [-0.39, 0.29) is 5.92 Å². The van der Waals surface area contributed by atoms with Crippen LogP contribution in [0.4, 0.5) is 4.79 Å². The molecular weight excluding hydrogens is 314 g/mol. The number of benzene rings is 1. The number of hydrogen-bond acceptors (Lipinski definition) is 2. The van der Waals surface area contributed by atoms with Gasteiger partial charge in [-0.3, -0.25) is 0 Å². The van der Waals surface area contributed by atoms with E-state index in [4.69, 9.17) is 4.74 Å². The topological polar surface area (TPSA) is 38.3 Å². The van der Waals surface area contributed by atoms with Crippen molar-refractivity contribution in [3.63, 3.8) is 0 Å². The first-order valence-electron chi connectivity index (χ1n) is 8.53. The lowest BCUT2D eigenvalue weighted by atomic mass is 9.80. The van der Waals surface area contributed by atoms with E-state index in [0.29, 0.717) is 0 Å². The van der Waals surface area contributed by atoms with E-state index in [1.54, 1.807) is 0 Å². The Morgan fingerprint density at radius 1 is 1.12 bits per heavy atom. The molecule has 0 fully saturated rings. The fraction of sp³-hybridized carbons (Fsp3) is 0.550. The summed E-state index contributed by atoms with van der Waals surface area (Å²) in [5.41, 5.74) is -0.0375. The first kappa shape index (κ1) is 20.5. The summed E-state index contributed by atoms with van der Waals surface area (Å²) in [6.45, 7) is 21.0. The van der Waals surface area contributed by atoms with Crippen LogP contribution in [0, 0.1) is 5.92 Å². The van der Waals surface area contributed by atoms with E-state index < -0.39 is 25.3 Å². The van der Waals surface area contributed by atoms with Crippen LogP contribution in [0.3, 0.4) is 0 Å². The molecule has 0 bridgehead atoms. The van der Waals surface area contributed by atoms with Gasteiger partial charge in [0.1, 0.15) is 5.60 Å². The molecule has 0 saturated carbocycles. The highest BCUT2D eigenvalue weighted by atomic mass is 28.3. The first-order chi connectivity index (χ1) is 10.8. The maximum absolute atomic E-state index is 12.5.